The van der Waals surface area contributed by atoms with Crippen LogP contribution in [0.3, 0.4) is 0 Å². The lowest BCUT2D eigenvalue weighted by Gasteiger charge is -2.26. The number of nitrogens with one attached hydrogen (secondary N) is 1. The van der Waals surface area contributed by atoms with Crippen molar-refractivity contribution in [2.24, 2.45) is 0 Å². The average Bonchev–Trinajstić information content (AvgIpc) is 3.32. The van der Waals surface area contributed by atoms with Gasteiger partial charge in [0.15, 0.2) is 0 Å². The molecule has 2 aromatic heterocycles. The lowest BCUT2D eigenvalue weighted by atomic mass is 10.0. The molecule has 1 amide bonds. The summed E-state index contributed by atoms with van der Waals surface area (Å²) in [5.74, 6) is 1.85. The molecule has 0 aliphatic carbocycles. The van der Waals surface area contributed by atoms with E-state index in [0.717, 1.165) is 23.3 Å². The number of rotatable bonds is 5. The molecule has 0 unspecified atom stereocenters. The molecule has 0 spiro atoms. The quantitative estimate of drug-likeness (QED) is 0.759. The number of hydrogen-bond donors (Lipinski definition) is 1. The van der Waals surface area contributed by atoms with Crippen molar-refractivity contribution < 1.29 is 14.1 Å². The number of amides is 1. The summed E-state index contributed by atoms with van der Waals surface area (Å²) in [6, 6.07) is 9.74. The standard InChI is InChI=1S/C18H17N3O3S/c22-16(19-14-7-9-23-15-4-2-1-3-13(14)15)5-6-17-20-18(21-24-17)12-8-10-25-11-12/h1-4,8,10-11,14H,5-7,9H2,(H,19,22)/t14-/m0/s1. The number of aryl methyl sites for hydroxylation is 1. The van der Waals surface area contributed by atoms with E-state index >= 15 is 0 Å². The molecule has 0 bridgehead atoms. The molecule has 128 valence electrons. The first-order valence-electron chi connectivity index (χ1n) is 8.16. The number of aromatic nitrogens is 2. The zero-order valence-electron chi connectivity index (χ0n) is 13.5. The highest BCUT2D eigenvalue weighted by Crippen LogP contribution is 2.31. The predicted octanol–water partition coefficient (Wildman–Crippen LogP) is 3.37. The minimum atomic E-state index is -0.0306. The number of hydrogen-bond acceptors (Lipinski definition) is 6. The van der Waals surface area contributed by atoms with Crippen molar-refractivity contribution in [1.82, 2.24) is 15.5 Å². The van der Waals surface area contributed by atoms with E-state index in [1.54, 1.807) is 11.3 Å². The molecular formula is C18H17N3O3S. The molecule has 1 aromatic carbocycles. The Morgan fingerprint density at radius 1 is 1.32 bits per heavy atom. The van der Waals surface area contributed by atoms with Gasteiger partial charge >= 0.3 is 0 Å². The normalized spacial score (nSPS) is 16.1. The Labute approximate surface area is 148 Å². The maximum atomic E-state index is 12.3. The number of carbonyl (C=O) groups is 1. The molecule has 25 heavy (non-hydrogen) atoms. The molecule has 0 saturated heterocycles. The third-order valence-electron chi connectivity index (χ3n) is 4.11. The molecular weight excluding hydrogens is 338 g/mol. The summed E-state index contributed by atoms with van der Waals surface area (Å²) >= 11 is 1.58. The Bertz CT molecular complexity index is 860. The van der Waals surface area contributed by atoms with E-state index in [0.29, 0.717) is 31.2 Å². The Morgan fingerprint density at radius 2 is 2.24 bits per heavy atom. The van der Waals surface area contributed by atoms with Crippen LogP contribution in [0.5, 0.6) is 5.75 Å². The number of para-hydroxylation sites is 1. The Balaban J connectivity index is 1.34. The van der Waals surface area contributed by atoms with Crippen molar-refractivity contribution in [3.63, 3.8) is 0 Å². The first-order chi connectivity index (χ1) is 12.3. The maximum absolute atomic E-state index is 12.3. The lowest BCUT2D eigenvalue weighted by Crippen LogP contribution is -2.32. The Hall–Kier alpha value is -2.67. The van der Waals surface area contributed by atoms with Crippen LogP contribution in [0.15, 0.2) is 45.6 Å². The number of nitrogens with zero attached hydrogens (tertiary/aromatic N) is 2. The highest BCUT2D eigenvalue weighted by Gasteiger charge is 2.22. The zero-order chi connectivity index (χ0) is 17.1. The van der Waals surface area contributed by atoms with Gasteiger partial charge in [-0.1, -0.05) is 23.4 Å². The number of benzene rings is 1. The topological polar surface area (TPSA) is 77.2 Å². The SMILES string of the molecule is O=C(CCc1nc(-c2ccsc2)no1)N[C@H]1CCOc2ccccc21. The van der Waals surface area contributed by atoms with Gasteiger partial charge in [-0.3, -0.25) is 4.79 Å². The number of thiophene rings is 1. The number of carbonyl (C=O) groups excluding carboxylic acids is 1. The summed E-state index contributed by atoms with van der Waals surface area (Å²) in [6.07, 6.45) is 1.50. The van der Waals surface area contributed by atoms with E-state index in [2.05, 4.69) is 15.5 Å². The van der Waals surface area contributed by atoms with Gasteiger partial charge in [0.05, 0.1) is 12.6 Å². The molecule has 3 aromatic rings. The van der Waals surface area contributed by atoms with Gasteiger partial charge in [-0.2, -0.15) is 16.3 Å². The van der Waals surface area contributed by atoms with Gasteiger partial charge in [-0.15, -0.1) is 0 Å². The van der Waals surface area contributed by atoms with Crippen LogP contribution >= 0.6 is 11.3 Å². The maximum Gasteiger partial charge on any atom is 0.227 e. The van der Waals surface area contributed by atoms with Crippen LogP contribution in [0.4, 0.5) is 0 Å². The van der Waals surface area contributed by atoms with Crippen molar-refractivity contribution in [3.8, 4) is 17.1 Å². The molecule has 6 nitrogen and oxygen atoms in total. The van der Waals surface area contributed by atoms with Crippen molar-refractivity contribution >= 4 is 17.2 Å². The van der Waals surface area contributed by atoms with E-state index < -0.39 is 0 Å². The van der Waals surface area contributed by atoms with Crippen LogP contribution in [0.25, 0.3) is 11.4 Å². The van der Waals surface area contributed by atoms with Crippen molar-refractivity contribution in [1.29, 1.82) is 0 Å². The molecule has 0 saturated carbocycles. The monoisotopic (exact) mass is 355 g/mol. The summed E-state index contributed by atoms with van der Waals surface area (Å²) in [5.41, 5.74) is 1.96. The molecule has 1 atom stereocenters. The fourth-order valence-electron chi connectivity index (χ4n) is 2.84. The highest BCUT2D eigenvalue weighted by atomic mass is 32.1. The van der Waals surface area contributed by atoms with E-state index in [1.807, 2.05) is 41.1 Å². The van der Waals surface area contributed by atoms with Crippen LogP contribution in [-0.4, -0.2) is 22.7 Å². The average molecular weight is 355 g/mol. The highest BCUT2D eigenvalue weighted by molar-refractivity contribution is 7.08. The van der Waals surface area contributed by atoms with Gasteiger partial charge in [-0.05, 0) is 17.5 Å². The summed E-state index contributed by atoms with van der Waals surface area (Å²) in [7, 11) is 0. The van der Waals surface area contributed by atoms with Crippen molar-refractivity contribution in [2.45, 2.75) is 25.3 Å². The van der Waals surface area contributed by atoms with E-state index in [9.17, 15) is 4.79 Å². The minimum Gasteiger partial charge on any atom is -0.493 e. The summed E-state index contributed by atoms with van der Waals surface area (Å²) < 4.78 is 10.8. The molecule has 0 radical (unpaired) electrons. The third-order valence-corrected chi connectivity index (χ3v) is 4.79. The molecule has 1 aliphatic heterocycles. The predicted molar refractivity (Wildman–Crippen MR) is 93.4 cm³/mol. The number of ether oxygens (including phenoxy) is 1. The van der Waals surface area contributed by atoms with Gasteiger partial charge in [0.25, 0.3) is 0 Å². The fourth-order valence-corrected chi connectivity index (χ4v) is 3.48. The van der Waals surface area contributed by atoms with Crippen LogP contribution < -0.4 is 10.1 Å². The second-order valence-electron chi connectivity index (χ2n) is 5.82. The lowest BCUT2D eigenvalue weighted by molar-refractivity contribution is -0.122. The minimum absolute atomic E-state index is 0.0125. The summed E-state index contributed by atoms with van der Waals surface area (Å²) in [4.78, 5) is 16.6. The second kappa shape index (κ2) is 7.06. The van der Waals surface area contributed by atoms with Gasteiger partial charge in [0, 0.05) is 35.8 Å². The van der Waals surface area contributed by atoms with Gasteiger partial charge in [-0.25, -0.2) is 0 Å². The van der Waals surface area contributed by atoms with Gasteiger partial charge in [0.2, 0.25) is 17.6 Å². The smallest absolute Gasteiger partial charge is 0.227 e. The van der Waals surface area contributed by atoms with Gasteiger partial charge < -0.3 is 14.6 Å². The fraction of sp³-hybridized carbons (Fsp3) is 0.278. The first-order valence-corrected chi connectivity index (χ1v) is 9.10. The van der Waals surface area contributed by atoms with E-state index in [4.69, 9.17) is 9.26 Å². The van der Waals surface area contributed by atoms with Crippen LogP contribution in [0, 0.1) is 0 Å². The third kappa shape index (κ3) is 3.56. The van der Waals surface area contributed by atoms with Crippen LogP contribution in [-0.2, 0) is 11.2 Å². The second-order valence-corrected chi connectivity index (χ2v) is 6.60. The largest absolute Gasteiger partial charge is 0.493 e. The van der Waals surface area contributed by atoms with Gasteiger partial charge in [0.1, 0.15) is 5.75 Å². The Morgan fingerprint density at radius 3 is 3.12 bits per heavy atom. The molecule has 4 rings (SSSR count). The zero-order valence-corrected chi connectivity index (χ0v) is 14.3. The van der Waals surface area contributed by atoms with Crippen LogP contribution in [0.2, 0.25) is 0 Å². The van der Waals surface area contributed by atoms with E-state index in [-0.39, 0.29) is 11.9 Å². The molecule has 7 heteroatoms. The molecule has 0 fully saturated rings. The van der Waals surface area contributed by atoms with E-state index in [1.165, 1.54) is 0 Å². The van der Waals surface area contributed by atoms with Crippen molar-refractivity contribution in [2.75, 3.05) is 6.61 Å². The summed E-state index contributed by atoms with van der Waals surface area (Å²) in [5, 5.41) is 11.0. The molecule has 3 heterocycles. The molecule has 1 N–H and O–H groups in total. The van der Waals surface area contributed by atoms with Crippen molar-refractivity contribution in [3.05, 3.63) is 52.5 Å². The first kappa shape index (κ1) is 15.8. The number of fused-ring (bicyclic) bond motifs is 1. The van der Waals surface area contributed by atoms with Crippen LogP contribution in [0.1, 0.15) is 30.3 Å². The molecule has 1 aliphatic rings. The Kier molecular flexibility index (Phi) is 4.47. The summed E-state index contributed by atoms with van der Waals surface area (Å²) in [6.45, 7) is 0.607.